The van der Waals surface area contributed by atoms with Gasteiger partial charge in [0.15, 0.2) is 11.5 Å². The largest absolute Gasteiger partial charge is 0.493 e. The Morgan fingerprint density at radius 1 is 1.12 bits per heavy atom. The van der Waals surface area contributed by atoms with Crippen LogP contribution in [0.3, 0.4) is 0 Å². The summed E-state index contributed by atoms with van der Waals surface area (Å²) in [6.45, 7) is -1.26. The summed E-state index contributed by atoms with van der Waals surface area (Å²) in [4.78, 5) is 11.0. The Bertz CT molecular complexity index is 689. The number of carbonyl (C=O) groups excluding carboxylic acids is 1. The first kappa shape index (κ1) is 17.5. The minimum absolute atomic E-state index is 0.0316. The summed E-state index contributed by atoms with van der Waals surface area (Å²) in [6, 6.07) is 11.5. The van der Waals surface area contributed by atoms with Crippen molar-refractivity contribution >= 4 is 11.6 Å². The average molecular weight is 337 g/mol. The molecule has 0 aromatic heterocycles. The predicted molar refractivity (Wildman–Crippen MR) is 84.7 cm³/mol. The van der Waals surface area contributed by atoms with Crippen LogP contribution >= 0.6 is 0 Å². The van der Waals surface area contributed by atoms with Crippen LogP contribution in [0, 0.1) is 0 Å². The van der Waals surface area contributed by atoms with Gasteiger partial charge < -0.3 is 19.5 Å². The minimum Gasteiger partial charge on any atom is -0.493 e. The molecule has 0 spiro atoms. The highest BCUT2D eigenvalue weighted by atomic mass is 19.3. The first-order valence-corrected chi connectivity index (χ1v) is 7.10. The first-order valence-electron chi connectivity index (χ1n) is 7.10. The van der Waals surface area contributed by atoms with Gasteiger partial charge in [-0.25, -0.2) is 0 Å². The SMILES string of the molecule is COc1cc(COc2ccc(NC(C)=O)cc2)ccc1OC(F)F. The van der Waals surface area contributed by atoms with Crippen molar-refractivity contribution in [1.82, 2.24) is 0 Å². The third-order valence-electron chi connectivity index (χ3n) is 3.02. The van der Waals surface area contributed by atoms with E-state index in [2.05, 4.69) is 10.1 Å². The number of carbonyl (C=O) groups is 1. The van der Waals surface area contributed by atoms with Crippen molar-refractivity contribution in [3.63, 3.8) is 0 Å². The van der Waals surface area contributed by atoms with Crippen LogP contribution in [0.5, 0.6) is 17.2 Å². The molecule has 0 saturated heterocycles. The van der Waals surface area contributed by atoms with E-state index < -0.39 is 6.61 Å². The van der Waals surface area contributed by atoms with Crippen LogP contribution in [-0.4, -0.2) is 19.6 Å². The molecule has 0 aliphatic rings. The molecule has 7 heteroatoms. The fourth-order valence-electron chi connectivity index (χ4n) is 2.00. The molecule has 2 aromatic carbocycles. The lowest BCUT2D eigenvalue weighted by atomic mass is 10.2. The molecule has 2 rings (SSSR count). The van der Waals surface area contributed by atoms with Crippen molar-refractivity contribution in [3.8, 4) is 17.2 Å². The van der Waals surface area contributed by atoms with Crippen molar-refractivity contribution in [2.24, 2.45) is 0 Å². The second-order valence-corrected chi connectivity index (χ2v) is 4.86. The Morgan fingerprint density at radius 3 is 2.42 bits per heavy atom. The number of rotatable bonds is 7. The Morgan fingerprint density at radius 2 is 1.83 bits per heavy atom. The molecule has 1 amide bonds. The van der Waals surface area contributed by atoms with Crippen molar-refractivity contribution in [2.45, 2.75) is 20.1 Å². The van der Waals surface area contributed by atoms with E-state index in [0.29, 0.717) is 11.4 Å². The summed E-state index contributed by atoms with van der Waals surface area (Å²) in [7, 11) is 1.37. The van der Waals surface area contributed by atoms with Crippen LogP contribution in [-0.2, 0) is 11.4 Å². The zero-order valence-corrected chi connectivity index (χ0v) is 13.2. The Kier molecular flexibility index (Phi) is 5.95. The van der Waals surface area contributed by atoms with E-state index >= 15 is 0 Å². The van der Waals surface area contributed by atoms with Crippen LogP contribution in [0.25, 0.3) is 0 Å². The molecule has 0 heterocycles. The van der Waals surface area contributed by atoms with E-state index in [-0.39, 0.29) is 24.0 Å². The lowest BCUT2D eigenvalue weighted by Crippen LogP contribution is -2.05. The van der Waals surface area contributed by atoms with Crippen molar-refractivity contribution < 1.29 is 27.8 Å². The summed E-state index contributed by atoms with van der Waals surface area (Å²) >= 11 is 0. The number of anilines is 1. The van der Waals surface area contributed by atoms with Gasteiger partial charge in [0.25, 0.3) is 0 Å². The Labute approximate surface area is 138 Å². The second-order valence-electron chi connectivity index (χ2n) is 4.86. The molecule has 0 fully saturated rings. The Hall–Kier alpha value is -2.83. The quantitative estimate of drug-likeness (QED) is 0.834. The van der Waals surface area contributed by atoms with Gasteiger partial charge in [0.05, 0.1) is 7.11 Å². The van der Waals surface area contributed by atoms with Gasteiger partial charge in [-0.3, -0.25) is 4.79 Å². The standard InChI is InChI=1S/C17H17F2NO4/c1-11(21)20-13-4-6-14(7-5-13)23-10-12-3-8-15(24-17(18)19)16(9-12)22-2/h3-9,17H,10H2,1-2H3,(H,20,21). The molecular weight excluding hydrogens is 320 g/mol. The Balaban J connectivity index is 1.99. The summed E-state index contributed by atoms with van der Waals surface area (Å²) in [5.41, 5.74) is 1.41. The zero-order valence-electron chi connectivity index (χ0n) is 13.2. The van der Waals surface area contributed by atoms with Crippen LogP contribution in [0.4, 0.5) is 14.5 Å². The van der Waals surface area contributed by atoms with Crippen molar-refractivity contribution in [2.75, 3.05) is 12.4 Å². The fourth-order valence-corrected chi connectivity index (χ4v) is 2.00. The smallest absolute Gasteiger partial charge is 0.387 e. The molecule has 128 valence electrons. The van der Waals surface area contributed by atoms with Crippen LogP contribution in [0.1, 0.15) is 12.5 Å². The van der Waals surface area contributed by atoms with Gasteiger partial charge in [-0.05, 0) is 42.0 Å². The number of hydrogen-bond donors (Lipinski definition) is 1. The maximum atomic E-state index is 12.3. The summed E-state index contributed by atoms with van der Waals surface area (Å²) < 4.78 is 39.6. The molecule has 2 aromatic rings. The van der Waals surface area contributed by atoms with E-state index in [1.54, 1.807) is 36.4 Å². The van der Waals surface area contributed by atoms with Crippen LogP contribution in [0.2, 0.25) is 0 Å². The molecule has 24 heavy (non-hydrogen) atoms. The number of hydrogen-bond acceptors (Lipinski definition) is 4. The molecule has 0 aliphatic carbocycles. The number of halogens is 2. The van der Waals surface area contributed by atoms with Gasteiger partial charge in [0.1, 0.15) is 12.4 Å². The van der Waals surface area contributed by atoms with Gasteiger partial charge in [-0.1, -0.05) is 6.07 Å². The zero-order chi connectivity index (χ0) is 17.5. The number of ether oxygens (including phenoxy) is 3. The van der Waals surface area contributed by atoms with E-state index in [1.807, 2.05) is 0 Å². The fraction of sp³-hybridized carbons (Fsp3) is 0.235. The number of alkyl halides is 2. The first-order chi connectivity index (χ1) is 11.5. The van der Waals surface area contributed by atoms with Gasteiger partial charge in [0, 0.05) is 12.6 Å². The normalized spacial score (nSPS) is 10.4. The molecule has 0 radical (unpaired) electrons. The van der Waals surface area contributed by atoms with Gasteiger partial charge in [-0.2, -0.15) is 8.78 Å². The molecule has 0 atom stereocenters. The number of methoxy groups -OCH3 is 1. The third-order valence-corrected chi connectivity index (χ3v) is 3.02. The average Bonchev–Trinajstić information content (AvgIpc) is 2.54. The van der Waals surface area contributed by atoms with Gasteiger partial charge in [0.2, 0.25) is 5.91 Å². The second kappa shape index (κ2) is 8.14. The predicted octanol–water partition coefficient (Wildman–Crippen LogP) is 3.83. The maximum Gasteiger partial charge on any atom is 0.387 e. The number of amides is 1. The highest BCUT2D eigenvalue weighted by Gasteiger charge is 2.11. The molecule has 0 unspecified atom stereocenters. The van der Waals surface area contributed by atoms with Crippen LogP contribution < -0.4 is 19.5 Å². The van der Waals surface area contributed by atoms with Crippen molar-refractivity contribution in [1.29, 1.82) is 0 Å². The molecule has 5 nitrogen and oxygen atoms in total. The molecule has 0 aliphatic heterocycles. The lowest BCUT2D eigenvalue weighted by Gasteiger charge is -2.12. The van der Waals surface area contributed by atoms with Crippen LogP contribution in [0.15, 0.2) is 42.5 Å². The monoisotopic (exact) mass is 337 g/mol. The van der Waals surface area contributed by atoms with E-state index in [4.69, 9.17) is 9.47 Å². The van der Waals surface area contributed by atoms with E-state index in [9.17, 15) is 13.6 Å². The van der Waals surface area contributed by atoms with E-state index in [0.717, 1.165) is 5.56 Å². The minimum atomic E-state index is -2.91. The number of benzene rings is 2. The summed E-state index contributed by atoms with van der Waals surface area (Å²) in [6.07, 6.45) is 0. The van der Waals surface area contributed by atoms with Crippen molar-refractivity contribution in [3.05, 3.63) is 48.0 Å². The highest BCUT2D eigenvalue weighted by molar-refractivity contribution is 5.88. The topological polar surface area (TPSA) is 56.8 Å². The lowest BCUT2D eigenvalue weighted by molar-refractivity contribution is -0.114. The number of nitrogens with one attached hydrogen (secondary N) is 1. The van der Waals surface area contributed by atoms with E-state index in [1.165, 1.54) is 20.1 Å². The molecular formula is C17H17F2NO4. The van der Waals surface area contributed by atoms with Gasteiger partial charge in [-0.15, -0.1) is 0 Å². The highest BCUT2D eigenvalue weighted by Crippen LogP contribution is 2.30. The summed E-state index contributed by atoms with van der Waals surface area (Å²) in [5, 5.41) is 2.66. The third kappa shape index (κ3) is 5.12. The van der Waals surface area contributed by atoms with Gasteiger partial charge >= 0.3 is 6.61 Å². The molecule has 0 bridgehead atoms. The maximum absolute atomic E-state index is 12.3. The molecule has 0 saturated carbocycles. The summed E-state index contributed by atoms with van der Waals surface area (Å²) in [5.74, 6) is 0.631. The molecule has 1 N–H and O–H groups in total.